The summed E-state index contributed by atoms with van der Waals surface area (Å²) in [7, 11) is 0. The number of benzene rings is 1. The molecule has 1 fully saturated rings. The van der Waals surface area contributed by atoms with Gasteiger partial charge >= 0.3 is 0 Å². The van der Waals surface area contributed by atoms with Gasteiger partial charge < -0.3 is 15.2 Å². The monoisotopic (exact) mass is 291 g/mol. The third-order valence-electron chi connectivity index (χ3n) is 4.22. The van der Waals surface area contributed by atoms with Gasteiger partial charge in [0.15, 0.2) is 0 Å². The Morgan fingerprint density at radius 2 is 1.95 bits per heavy atom. The molecule has 118 valence electrons. The molecule has 1 aromatic rings. The first-order valence-electron chi connectivity index (χ1n) is 8.12. The van der Waals surface area contributed by atoms with Crippen molar-refractivity contribution in [2.24, 2.45) is 5.73 Å². The fourth-order valence-electron chi connectivity index (χ4n) is 3.15. The van der Waals surface area contributed by atoms with Crippen LogP contribution in [0.25, 0.3) is 0 Å². The van der Waals surface area contributed by atoms with E-state index in [1.807, 2.05) is 0 Å². The fourth-order valence-corrected chi connectivity index (χ4v) is 3.15. The maximum atomic E-state index is 6.42. The number of rotatable bonds is 5. The molecule has 4 atom stereocenters. The lowest BCUT2D eigenvalue weighted by Gasteiger charge is -2.36. The van der Waals surface area contributed by atoms with Gasteiger partial charge in [0.1, 0.15) is 0 Å². The van der Waals surface area contributed by atoms with Crippen LogP contribution in [0.5, 0.6) is 0 Å². The van der Waals surface area contributed by atoms with Crippen LogP contribution in [0.4, 0.5) is 0 Å². The number of ether oxygens (including phenoxy) is 2. The average molecular weight is 291 g/mol. The van der Waals surface area contributed by atoms with Crippen LogP contribution in [0.15, 0.2) is 24.3 Å². The smallest absolute Gasteiger partial charge is 0.0979 e. The Labute approximate surface area is 128 Å². The molecular weight excluding hydrogens is 262 g/mol. The molecule has 0 aromatic heterocycles. The highest BCUT2D eigenvalue weighted by molar-refractivity contribution is 5.25. The van der Waals surface area contributed by atoms with Gasteiger partial charge in [0.2, 0.25) is 0 Å². The highest BCUT2D eigenvalue weighted by atomic mass is 16.5. The Balaban J connectivity index is 2.13. The topological polar surface area (TPSA) is 44.5 Å². The SMILES string of the molecule is CCC(N)C(OC1CC(C)OC(C)C1)c1cccc(C)c1. The second-order valence-electron chi connectivity index (χ2n) is 6.39. The molecule has 21 heavy (non-hydrogen) atoms. The van der Waals surface area contributed by atoms with Crippen LogP contribution in [-0.2, 0) is 9.47 Å². The first-order valence-corrected chi connectivity index (χ1v) is 8.12. The third-order valence-corrected chi connectivity index (χ3v) is 4.22. The van der Waals surface area contributed by atoms with Crippen LogP contribution in [0.2, 0.25) is 0 Å². The molecule has 1 aromatic carbocycles. The summed E-state index contributed by atoms with van der Waals surface area (Å²) in [6.07, 6.45) is 3.52. The zero-order valence-electron chi connectivity index (χ0n) is 13.7. The van der Waals surface area contributed by atoms with Gasteiger partial charge in [-0.2, -0.15) is 0 Å². The molecule has 1 aliphatic rings. The molecule has 1 heterocycles. The van der Waals surface area contributed by atoms with Gasteiger partial charge in [-0.25, -0.2) is 0 Å². The highest BCUT2D eigenvalue weighted by Crippen LogP contribution is 2.30. The van der Waals surface area contributed by atoms with Gasteiger partial charge in [0.25, 0.3) is 0 Å². The van der Waals surface area contributed by atoms with E-state index >= 15 is 0 Å². The lowest BCUT2D eigenvalue weighted by molar-refractivity contribution is -0.127. The Hall–Kier alpha value is -0.900. The van der Waals surface area contributed by atoms with Crippen molar-refractivity contribution in [3.63, 3.8) is 0 Å². The van der Waals surface area contributed by atoms with Gasteiger partial charge in [-0.3, -0.25) is 0 Å². The average Bonchev–Trinajstić information content (AvgIpc) is 2.43. The molecule has 0 amide bonds. The van der Waals surface area contributed by atoms with Crippen molar-refractivity contribution in [1.29, 1.82) is 0 Å². The normalized spacial score (nSPS) is 29.1. The molecule has 0 bridgehead atoms. The molecule has 0 aliphatic carbocycles. The summed E-state index contributed by atoms with van der Waals surface area (Å²) < 4.78 is 12.2. The summed E-state index contributed by atoms with van der Waals surface area (Å²) >= 11 is 0. The first kappa shape index (κ1) is 16.5. The standard InChI is InChI=1S/C18H29NO2/c1-5-17(19)18(15-8-6-7-12(2)9-15)21-16-10-13(3)20-14(4)11-16/h6-9,13-14,16-18H,5,10-11,19H2,1-4H3. The first-order chi connectivity index (χ1) is 9.99. The zero-order valence-corrected chi connectivity index (χ0v) is 13.7. The fraction of sp³-hybridized carbons (Fsp3) is 0.667. The van der Waals surface area contributed by atoms with Crippen LogP contribution < -0.4 is 5.73 Å². The lowest BCUT2D eigenvalue weighted by Crippen LogP contribution is -2.38. The zero-order chi connectivity index (χ0) is 15.4. The highest BCUT2D eigenvalue weighted by Gasteiger charge is 2.29. The van der Waals surface area contributed by atoms with Crippen LogP contribution in [-0.4, -0.2) is 24.4 Å². The van der Waals surface area contributed by atoms with Crippen molar-refractivity contribution in [1.82, 2.24) is 0 Å². The molecule has 4 unspecified atom stereocenters. The minimum atomic E-state index is -0.0302. The molecule has 2 N–H and O–H groups in total. The van der Waals surface area contributed by atoms with Gasteiger partial charge in [0.05, 0.1) is 24.4 Å². The lowest BCUT2D eigenvalue weighted by atomic mass is 9.97. The van der Waals surface area contributed by atoms with E-state index in [1.54, 1.807) is 0 Å². The summed E-state index contributed by atoms with van der Waals surface area (Å²) in [4.78, 5) is 0. The molecule has 1 saturated heterocycles. The summed E-state index contributed by atoms with van der Waals surface area (Å²) in [6, 6.07) is 8.53. The maximum absolute atomic E-state index is 6.42. The van der Waals surface area contributed by atoms with Crippen molar-refractivity contribution in [3.8, 4) is 0 Å². The Bertz CT molecular complexity index is 439. The molecule has 3 nitrogen and oxygen atoms in total. The number of nitrogens with two attached hydrogens (primary N) is 1. The second kappa shape index (κ2) is 7.39. The van der Waals surface area contributed by atoms with Crippen molar-refractivity contribution in [2.75, 3.05) is 0 Å². The summed E-state index contributed by atoms with van der Waals surface area (Å²) in [5.41, 5.74) is 8.77. The van der Waals surface area contributed by atoms with Crippen molar-refractivity contribution in [2.45, 2.75) is 77.4 Å². The molecule has 2 rings (SSSR count). The van der Waals surface area contributed by atoms with E-state index in [1.165, 1.54) is 11.1 Å². The van der Waals surface area contributed by atoms with Gasteiger partial charge in [-0.1, -0.05) is 36.8 Å². The molecule has 0 saturated carbocycles. The number of hydrogen-bond acceptors (Lipinski definition) is 3. The van der Waals surface area contributed by atoms with E-state index < -0.39 is 0 Å². The molecule has 3 heteroatoms. The predicted molar refractivity (Wildman–Crippen MR) is 86.3 cm³/mol. The van der Waals surface area contributed by atoms with E-state index in [9.17, 15) is 0 Å². The number of aryl methyl sites for hydroxylation is 1. The Morgan fingerprint density at radius 3 is 2.52 bits per heavy atom. The largest absolute Gasteiger partial charge is 0.375 e. The molecule has 0 radical (unpaired) electrons. The summed E-state index contributed by atoms with van der Waals surface area (Å²) in [5.74, 6) is 0. The summed E-state index contributed by atoms with van der Waals surface area (Å²) in [5, 5.41) is 0. The van der Waals surface area contributed by atoms with E-state index in [2.05, 4.69) is 52.0 Å². The van der Waals surface area contributed by atoms with Crippen molar-refractivity contribution >= 4 is 0 Å². The van der Waals surface area contributed by atoms with Crippen molar-refractivity contribution in [3.05, 3.63) is 35.4 Å². The Kier molecular flexibility index (Phi) is 5.80. The van der Waals surface area contributed by atoms with Crippen LogP contribution in [0, 0.1) is 6.92 Å². The van der Waals surface area contributed by atoms with E-state index in [4.69, 9.17) is 15.2 Å². The quantitative estimate of drug-likeness (QED) is 0.898. The third kappa shape index (κ3) is 4.53. The predicted octanol–water partition coefficient (Wildman–Crippen LogP) is 3.75. The van der Waals surface area contributed by atoms with Crippen LogP contribution in [0.1, 0.15) is 57.3 Å². The van der Waals surface area contributed by atoms with Crippen LogP contribution in [0.3, 0.4) is 0 Å². The van der Waals surface area contributed by atoms with Crippen LogP contribution >= 0.6 is 0 Å². The summed E-state index contributed by atoms with van der Waals surface area (Å²) in [6.45, 7) is 8.46. The molecule has 1 aliphatic heterocycles. The Morgan fingerprint density at radius 1 is 1.29 bits per heavy atom. The second-order valence-corrected chi connectivity index (χ2v) is 6.39. The van der Waals surface area contributed by atoms with E-state index in [0.29, 0.717) is 0 Å². The minimum absolute atomic E-state index is 0.0280. The van der Waals surface area contributed by atoms with Gasteiger partial charge in [0, 0.05) is 6.04 Å². The minimum Gasteiger partial charge on any atom is -0.375 e. The van der Waals surface area contributed by atoms with E-state index in [-0.39, 0.29) is 30.5 Å². The van der Waals surface area contributed by atoms with Crippen molar-refractivity contribution < 1.29 is 9.47 Å². The maximum Gasteiger partial charge on any atom is 0.0979 e. The number of hydrogen-bond donors (Lipinski definition) is 1. The molecule has 0 spiro atoms. The molecular formula is C18H29NO2. The van der Waals surface area contributed by atoms with Gasteiger partial charge in [-0.15, -0.1) is 0 Å². The van der Waals surface area contributed by atoms with E-state index in [0.717, 1.165) is 19.3 Å². The van der Waals surface area contributed by atoms with Gasteiger partial charge in [-0.05, 0) is 45.6 Å².